The van der Waals surface area contributed by atoms with E-state index in [1.807, 2.05) is 7.05 Å². The van der Waals surface area contributed by atoms with E-state index in [1.165, 1.54) is 5.56 Å². The van der Waals surface area contributed by atoms with Crippen molar-refractivity contribution in [1.29, 1.82) is 0 Å². The number of nitrogens with zero attached hydrogens (tertiary/aromatic N) is 3. The van der Waals surface area contributed by atoms with Crippen LogP contribution in [0.1, 0.15) is 32.8 Å². The van der Waals surface area contributed by atoms with Crippen LogP contribution in [0.2, 0.25) is 0 Å². The van der Waals surface area contributed by atoms with Gasteiger partial charge in [0.15, 0.2) is 5.96 Å². The molecule has 1 aliphatic rings. The van der Waals surface area contributed by atoms with E-state index in [4.69, 9.17) is 4.74 Å². The van der Waals surface area contributed by atoms with Crippen LogP contribution < -0.4 is 10.6 Å². The predicted molar refractivity (Wildman–Crippen MR) is 118 cm³/mol. The molecule has 6 heteroatoms. The second-order valence-electron chi connectivity index (χ2n) is 8.30. The number of aliphatic imine (C=N–C) groups is 1. The standard InChI is InChI=1S/C22H39N5O/c1-19(26(5)17-20-9-7-6-8-10-20)11-12-24-21(23-4)25-18-22(2,3)27-13-15-28-16-14-27/h6-10,19H,11-18H2,1-5H3,(H2,23,24,25). The molecule has 0 aromatic heterocycles. The van der Waals surface area contributed by atoms with Gasteiger partial charge in [0.1, 0.15) is 0 Å². The minimum atomic E-state index is 0.0740. The molecule has 1 aliphatic heterocycles. The molecule has 0 spiro atoms. The lowest BCUT2D eigenvalue weighted by Gasteiger charge is -2.41. The molecule has 0 radical (unpaired) electrons. The maximum absolute atomic E-state index is 5.47. The number of benzene rings is 1. The quantitative estimate of drug-likeness (QED) is 0.501. The third kappa shape index (κ3) is 7.41. The summed E-state index contributed by atoms with van der Waals surface area (Å²) in [5.74, 6) is 0.874. The van der Waals surface area contributed by atoms with Gasteiger partial charge in [0.05, 0.1) is 13.2 Å². The van der Waals surface area contributed by atoms with Crippen LogP contribution in [-0.2, 0) is 11.3 Å². The van der Waals surface area contributed by atoms with Gasteiger partial charge in [-0.05, 0) is 39.8 Å². The number of guanidine groups is 1. The molecule has 2 N–H and O–H groups in total. The number of ether oxygens (including phenoxy) is 1. The maximum atomic E-state index is 5.47. The summed E-state index contributed by atoms with van der Waals surface area (Å²) in [5, 5.41) is 6.96. The highest BCUT2D eigenvalue weighted by atomic mass is 16.5. The lowest BCUT2D eigenvalue weighted by Crippen LogP contribution is -2.56. The summed E-state index contributed by atoms with van der Waals surface area (Å²) in [4.78, 5) is 9.26. The molecular formula is C22H39N5O. The Morgan fingerprint density at radius 1 is 1.21 bits per heavy atom. The van der Waals surface area contributed by atoms with Gasteiger partial charge in [-0.3, -0.25) is 14.8 Å². The van der Waals surface area contributed by atoms with E-state index in [-0.39, 0.29) is 5.54 Å². The van der Waals surface area contributed by atoms with Gasteiger partial charge in [-0.1, -0.05) is 30.3 Å². The molecule has 1 heterocycles. The van der Waals surface area contributed by atoms with Crippen LogP contribution in [0.25, 0.3) is 0 Å². The van der Waals surface area contributed by atoms with E-state index in [2.05, 4.69) is 83.6 Å². The summed E-state index contributed by atoms with van der Waals surface area (Å²) >= 11 is 0. The first kappa shape index (κ1) is 22.7. The lowest BCUT2D eigenvalue weighted by atomic mass is 10.0. The molecule has 6 nitrogen and oxygen atoms in total. The first-order chi connectivity index (χ1) is 13.4. The van der Waals surface area contributed by atoms with Gasteiger partial charge in [-0.15, -0.1) is 0 Å². The minimum absolute atomic E-state index is 0.0740. The Labute approximate surface area is 171 Å². The van der Waals surface area contributed by atoms with Gasteiger partial charge in [0.25, 0.3) is 0 Å². The van der Waals surface area contributed by atoms with Crippen LogP contribution in [0.3, 0.4) is 0 Å². The molecule has 1 aromatic carbocycles. The summed E-state index contributed by atoms with van der Waals surface area (Å²) in [5.41, 5.74) is 1.43. The van der Waals surface area contributed by atoms with Crippen molar-refractivity contribution in [2.45, 2.75) is 45.3 Å². The van der Waals surface area contributed by atoms with Crippen molar-refractivity contribution < 1.29 is 4.74 Å². The van der Waals surface area contributed by atoms with Gasteiger partial charge in [-0.2, -0.15) is 0 Å². The van der Waals surface area contributed by atoms with Crippen LogP contribution >= 0.6 is 0 Å². The third-order valence-corrected chi connectivity index (χ3v) is 5.66. The molecule has 0 amide bonds. The molecule has 28 heavy (non-hydrogen) atoms. The molecule has 1 saturated heterocycles. The normalized spacial score (nSPS) is 17.6. The van der Waals surface area contributed by atoms with E-state index < -0.39 is 0 Å². The fraction of sp³-hybridized carbons (Fsp3) is 0.682. The van der Waals surface area contributed by atoms with Crippen molar-refractivity contribution in [2.24, 2.45) is 4.99 Å². The van der Waals surface area contributed by atoms with Crippen molar-refractivity contribution >= 4 is 5.96 Å². The smallest absolute Gasteiger partial charge is 0.191 e. The number of rotatable bonds is 9. The average Bonchev–Trinajstić information content (AvgIpc) is 2.71. The molecule has 0 bridgehead atoms. The Morgan fingerprint density at radius 3 is 2.54 bits per heavy atom. The highest BCUT2D eigenvalue weighted by Crippen LogP contribution is 2.15. The number of nitrogens with one attached hydrogen (secondary N) is 2. The second-order valence-corrected chi connectivity index (χ2v) is 8.30. The van der Waals surface area contributed by atoms with Gasteiger partial charge >= 0.3 is 0 Å². The van der Waals surface area contributed by atoms with Crippen LogP contribution in [0.5, 0.6) is 0 Å². The molecule has 158 valence electrons. The van der Waals surface area contributed by atoms with Crippen molar-refractivity contribution in [3.8, 4) is 0 Å². The van der Waals surface area contributed by atoms with E-state index in [1.54, 1.807) is 0 Å². The number of hydrogen-bond donors (Lipinski definition) is 2. The summed E-state index contributed by atoms with van der Waals surface area (Å²) < 4.78 is 5.47. The van der Waals surface area contributed by atoms with Gasteiger partial charge in [-0.25, -0.2) is 0 Å². The largest absolute Gasteiger partial charge is 0.379 e. The monoisotopic (exact) mass is 389 g/mol. The fourth-order valence-electron chi connectivity index (χ4n) is 3.45. The van der Waals surface area contributed by atoms with E-state index in [0.717, 1.165) is 58.3 Å². The summed E-state index contributed by atoms with van der Waals surface area (Å²) in [7, 11) is 4.03. The highest BCUT2D eigenvalue weighted by molar-refractivity contribution is 5.79. The molecule has 1 unspecified atom stereocenters. The van der Waals surface area contributed by atoms with E-state index >= 15 is 0 Å². The molecule has 0 aliphatic carbocycles. The molecule has 2 rings (SSSR count). The number of hydrogen-bond acceptors (Lipinski definition) is 4. The minimum Gasteiger partial charge on any atom is -0.379 e. The van der Waals surface area contributed by atoms with Crippen molar-refractivity contribution in [2.75, 3.05) is 53.5 Å². The molecule has 1 atom stereocenters. The number of morpholine rings is 1. The third-order valence-electron chi connectivity index (χ3n) is 5.66. The highest BCUT2D eigenvalue weighted by Gasteiger charge is 2.28. The van der Waals surface area contributed by atoms with Gasteiger partial charge < -0.3 is 15.4 Å². The zero-order chi connectivity index (χ0) is 20.4. The fourth-order valence-corrected chi connectivity index (χ4v) is 3.45. The Morgan fingerprint density at radius 2 is 1.89 bits per heavy atom. The maximum Gasteiger partial charge on any atom is 0.191 e. The first-order valence-electron chi connectivity index (χ1n) is 10.4. The Kier molecular flexibility index (Phi) is 9.22. The molecule has 0 saturated carbocycles. The van der Waals surface area contributed by atoms with Crippen LogP contribution in [-0.4, -0.2) is 80.8 Å². The summed E-state index contributed by atoms with van der Waals surface area (Å²) in [6.45, 7) is 13.2. The van der Waals surface area contributed by atoms with Crippen LogP contribution in [0, 0.1) is 0 Å². The predicted octanol–water partition coefficient (Wildman–Crippen LogP) is 2.17. The Hall–Kier alpha value is -1.63. The van der Waals surface area contributed by atoms with Gasteiger partial charge in [0.2, 0.25) is 0 Å². The summed E-state index contributed by atoms with van der Waals surface area (Å²) in [6.07, 6.45) is 1.07. The Balaban J connectivity index is 1.69. The zero-order valence-electron chi connectivity index (χ0n) is 18.4. The van der Waals surface area contributed by atoms with E-state index in [9.17, 15) is 0 Å². The van der Waals surface area contributed by atoms with Crippen molar-refractivity contribution in [3.05, 3.63) is 35.9 Å². The molecule has 1 fully saturated rings. The van der Waals surface area contributed by atoms with Crippen molar-refractivity contribution in [3.63, 3.8) is 0 Å². The second kappa shape index (κ2) is 11.4. The SMILES string of the molecule is CN=C(NCCC(C)N(C)Cc1ccccc1)NCC(C)(C)N1CCOCC1. The molecule has 1 aromatic rings. The summed E-state index contributed by atoms with van der Waals surface area (Å²) in [6, 6.07) is 11.1. The topological polar surface area (TPSA) is 52.1 Å². The van der Waals surface area contributed by atoms with Gasteiger partial charge in [0, 0.05) is 51.4 Å². The Bertz CT molecular complexity index is 584. The van der Waals surface area contributed by atoms with Crippen molar-refractivity contribution in [1.82, 2.24) is 20.4 Å². The molecular weight excluding hydrogens is 350 g/mol. The van der Waals surface area contributed by atoms with E-state index in [0.29, 0.717) is 6.04 Å². The average molecular weight is 390 g/mol. The lowest BCUT2D eigenvalue weighted by molar-refractivity contribution is -0.00834. The first-order valence-corrected chi connectivity index (χ1v) is 10.4. The zero-order valence-corrected chi connectivity index (χ0v) is 18.4. The van der Waals surface area contributed by atoms with Crippen LogP contribution in [0.15, 0.2) is 35.3 Å². The van der Waals surface area contributed by atoms with Crippen LogP contribution in [0.4, 0.5) is 0 Å².